The van der Waals surface area contributed by atoms with Crippen LogP contribution in [-0.4, -0.2) is 44.1 Å². The van der Waals surface area contributed by atoms with Crippen LogP contribution in [0.15, 0.2) is 24.5 Å². The summed E-state index contributed by atoms with van der Waals surface area (Å²) >= 11 is 0. The molecule has 0 unspecified atom stereocenters. The van der Waals surface area contributed by atoms with E-state index in [4.69, 9.17) is 4.74 Å². The van der Waals surface area contributed by atoms with Gasteiger partial charge in [-0.15, -0.1) is 5.10 Å². The summed E-state index contributed by atoms with van der Waals surface area (Å²) in [6.07, 6.45) is 5.81. The van der Waals surface area contributed by atoms with E-state index in [2.05, 4.69) is 51.6 Å². The van der Waals surface area contributed by atoms with Crippen molar-refractivity contribution in [2.75, 3.05) is 18.5 Å². The largest absolute Gasteiger partial charge is 0.381 e. The van der Waals surface area contributed by atoms with Gasteiger partial charge in [-0.25, -0.2) is 4.52 Å². The van der Waals surface area contributed by atoms with E-state index in [9.17, 15) is 0 Å². The molecule has 1 aliphatic heterocycles. The van der Waals surface area contributed by atoms with Crippen LogP contribution < -0.4 is 5.32 Å². The number of anilines is 1. The summed E-state index contributed by atoms with van der Waals surface area (Å²) in [5.74, 6) is 1.07. The zero-order valence-electron chi connectivity index (χ0n) is 14.0. The van der Waals surface area contributed by atoms with Crippen LogP contribution in [-0.2, 0) is 4.74 Å². The fourth-order valence-corrected chi connectivity index (χ4v) is 3.10. The third-order valence-electron chi connectivity index (χ3n) is 4.45. The first kappa shape index (κ1) is 15.1. The Morgan fingerprint density at radius 2 is 2.17 bits per heavy atom. The first-order valence-electron chi connectivity index (χ1n) is 8.45. The minimum Gasteiger partial charge on any atom is -0.381 e. The Morgan fingerprint density at radius 3 is 2.96 bits per heavy atom. The van der Waals surface area contributed by atoms with Gasteiger partial charge in [0.05, 0.1) is 6.20 Å². The molecule has 4 heterocycles. The van der Waals surface area contributed by atoms with E-state index in [1.807, 2.05) is 12.4 Å². The van der Waals surface area contributed by atoms with Crippen molar-refractivity contribution in [1.82, 2.24) is 24.8 Å². The summed E-state index contributed by atoms with van der Waals surface area (Å²) in [7, 11) is 0. The predicted molar refractivity (Wildman–Crippen MR) is 92.1 cm³/mol. The Bertz CT molecular complexity index is 831. The van der Waals surface area contributed by atoms with Gasteiger partial charge in [0.15, 0.2) is 5.65 Å². The van der Waals surface area contributed by atoms with Crippen LogP contribution >= 0.6 is 0 Å². The molecule has 1 fully saturated rings. The fourth-order valence-electron chi connectivity index (χ4n) is 3.10. The molecule has 24 heavy (non-hydrogen) atoms. The highest BCUT2D eigenvalue weighted by Gasteiger charge is 2.16. The first-order valence-corrected chi connectivity index (χ1v) is 8.45. The van der Waals surface area contributed by atoms with E-state index in [1.54, 1.807) is 4.52 Å². The van der Waals surface area contributed by atoms with Crippen molar-refractivity contribution in [2.45, 2.75) is 38.6 Å². The predicted octanol–water partition coefficient (Wildman–Crippen LogP) is 2.83. The van der Waals surface area contributed by atoms with Crippen molar-refractivity contribution in [3.05, 3.63) is 30.2 Å². The average molecular weight is 326 g/mol. The van der Waals surface area contributed by atoms with Crippen molar-refractivity contribution in [3.63, 3.8) is 0 Å². The van der Waals surface area contributed by atoms with E-state index in [0.29, 0.717) is 17.9 Å². The van der Waals surface area contributed by atoms with Crippen LogP contribution in [0.4, 0.5) is 5.95 Å². The fraction of sp³-hybridized carbons (Fsp3) is 0.471. The molecule has 2 N–H and O–H groups in total. The minimum atomic E-state index is 0.386. The molecule has 3 aromatic heterocycles. The molecular formula is C17H22N6O. The summed E-state index contributed by atoms with van der Waals surface area (Å²) in [6, 6.07) is 4.49. The van der Waals surface area contributed by atoms with E-state index in [-0.39, 0.29) is 0 Å². The third kappa shape index (κ3) is 2.87. The lowest BCUT2D eigenvalue weighted by Crippen LogP contribution is -2.28. The molecule has 0 saturated carbocycles. The Kier molecular flexibility index (Phi) is 3.93. The van der Waals surface area contributed by atoms with Crippen molar-refractivity contribution >= 4 is 11.6 Å². The zero-order valence-corrected chi connectivity index (χ0v) is 14.0. The summed E-state index contributed by atoms with van der Waals surface area (Å²) in [5.41, 5.74) is 4.19. The summed E-state index contributed by atoms with van der Waals surface area (Å²) in [4.78, 5) is 4.62. The molecular weight excluding hydrogens is 304 g/mol. The van der Waals surface area contributed by atoms with Gasteiger partial charge in [-0.05, 0) is 36.5 Å². The zero-order chi connectivity index (χ0) is 16.5. The summed E-state index contributed by atoms with van der Waals surface area (Å²) in [5, 5.41) is 15.2. The number of ether oxygens (including phenoxy) is 1. The molecule has 0 bridgehead atoms. The number of rotatable bonds is 4. The molecule has 0 aromatic carbocycles. The van der Waals surface area contributed by atoms with E-state index >= 15 is 0 Å². The van der Waals surface area contributed by atoms with E-state index in [0.717, 1.165) is 48.5 Å². The number of nitrogens with one attached hydrogen (secondary N) is 2. The van der Waals surface area contributed by atoms with Crippen LogP contribution in [0.3, 0.4) is 0 Å². The highest BCUT2D eigenvalue weighted by atomic mass is 16.5. The van der Waals surface area contributed by atoms with Crippen LogP contribution in [0, 0.1) is 0 Å². The van der Waals surface area contributed by atoms with Crippen LogP contribution in [0.5, 0.6) is 0 Å². The highest BCUT2D eigenvalue weighted by Crippen LogP contribution is 2.28. The molecule has 3 aromatic rings. The molecule has 7 nitrogen and oxygen atoms in total. The molecule has 0 aliphatic carbocycles. The summed E-state index contributed by atoms with van der Waals surface area (Å²) < 4.78 is 7.19. The number of aromatic amines is 1. The number of hydrogen-bond acceptors (Lipinski definition) is 5. The van der Waals surface area contributed by atoms with Gasteiger partial charge in [0, 0.05) is 36.7 Å². The van der Waals surface area contributed by atoms with Crippen LogP contribution in [0.2, 0.25) is 0 Å². The first-order chi connectivity index (χ1) is 11.7. The van der Waals surface area contributed by atoms with Gasteiger partial charge in [0.2, 0.25) is 5.95 Å². The molecule has 1 aliphatic rings. The smallest absolute Gasteiger partial charge is 0.243 e. The van der Waals surface area contributed by atoms with Crippen LogP contribution in [0.1, 0.15) is 38.3 Å². The number of fused-ring (bicyclic) bond motifs is 1. The second-order valence-corrected chi connectivity index (χ2v) is 6.54. The SMILES string of the molecule is CC(C)c1[nH]ncc1-c1ccn2nc(NC3CCOCC3)nc2c1. The lowest BCUT2D eigenvalue weighted by Gasteiger charge is -2.22. The number of nitrogens with zero attached hydrogens (tertiary/aromatic N) is 4. The van der Waals surface area contributed by atoms with E-state index in [1.165, 1.54) is 0 Å². The number of pyridine rings is 1. The Morgan fingerprint density at radius 1 is 1.33 bits per heavy atom. The molecule has 126 valence electrons. The van der Waals surface area contributed by atoms with Gasteiger partial charge in [0.1, 0.15) is 0 Å². The van der Waals surface area contributed by atoms with Gasteiger partial charge in [0.25, 0.3) is 0 Å². The molecule has 0 radical (unpaired) electrons. The van der Waals surface area contributed by atoms with E-state index < -0.39 is 0 Å². The maximum Gasteiger partial charge on any atom is 0.243 e. The lowest BCUT2D eigenvalue weighted by molar-refractivity contribution is 0.0903. The van der Waals surface area contributed by atoms with Crippen LogP contribution in [0.25, 0.3) is 16.8 Å². The molecule has 4 rings (SSSR count). The quantitative estimate of drug-likeness (QED) is 0.770. The maximum atomic E-state index is 5.39. The second kappa shape index (κ2) is 6.24. The molecule has 0 amide bonds. The summed E-state index contributed by atoms with van der Waals surface area (Å²) in [6.45, 7) is 5.91. The van der Waals surface area contributed by atoms with Gasteiger partial charge >= 0.3 is 0 Å². The van der Waals surface area contributed by atoms with Crippen molar-refractivity contribution in [2.24, 2.45) is 0 Å². The highest BCUT2D eigenvalue weighted by molar-refractivity contribution is 5.69. The second-order valence-electron chi connectivity index (χ2n) is 6.54. The number of hydrogen-bond donors (Lipinski definition) is 2. The Balaban J connectivity index is 1.62. The van der Waals surface area contributed by atoms with Crippen molar-refractivity contribution < 1.29 is 4.74 Å². The average Bonchev–Trinajstić information content (AvgIpc) is 3.21. The normalized spacial score (nSPS) is 16.1. The van der Waals surface area contributed by atoms with Crippen molar-refractivity contribution in [1.29, 1.82) is 0 Å². The Labute approximate surface area is 140 Å². The molecule has 7 heteroatoms. The maximum absolute atomic E-state index is 5.39. The number of aromatic nitrogens is 5. The standard InChI is InChI=1S/C17H22N6O/c1-11(2)16-14(10-18-21-16)12-3-6-23-15(9-12)20-17(22-23)19-13-4-7-24-8-5-13/h3,6,9-11,13H,4-5,7-8H2,1-2H3,(H,18,21)(H,19,22). The topological polar surface area (TPSA) is 80.1 Å². The molecule has 0 atom stereocenters. The van der Waals surface area contributed by atoms with Gasteiger partial charge in [-0.2, -0.15) is 10.1 Å². The van der Waals surface area contributed by atoms with Gasteiger partial charge < -0.3 is 10.1 Å². The monoisotopic (exact) mass is 326 g/mol. The van der Waals surface area contributed by atoms with Gasteiger partial charge in [-0.3, -0.25) is 5.10 Å². The third-order valence-corrected chi connectivity index (χ3v) is 4.45. The molecule has 1 saturated heterocycles. The van der Waals surface area contributed by atoms with Gasteiger partial charge in [-0.1, -0.05) is 13.8 Å². The number of H-pyrrole nitrogens is 1. The Hall–Kier alpha value is -2.41. The minimum absolute atomic E-state index is 0.386. The van der Waals surface area contributed by atoms with Crippen molar-refractivity contribution in [3.8, 4) is 11.1 Å². The lowest BCUT2D eigenvalue weighted by atomic mass is 10.0. The molecule has 0 spiro atoms.